The second-order valence-electron chi connectivity index (χ2n) is 4.78. The minimum atomic E-state index is -0.438. The zero-order valence-corrected chi connectivity index (χ0v) is 13.5. The molecule has 0 aliphatic heterocycles. The summed E-state index contributed by atoms with van der Waals surface area (Å²) in [6.45, 7) is 0.226. The maximum absolute atomic E-state index is 12.0. The van der Waals surface area contributed by atoms with Crippen molar-refractivity contribution in [3.8, 4) is 17.6 Å². The highest BCUT2D eigenvalue weighted by Gasteiger charge is 2.07. The average Bonchev–Trinajstić information content (AvgIpc) is 2.65. The highest BCUT2D eigenvalue weighted by molar-refractivity contribution is 5.96. The molecule has 1 amide bonds. The van der Waals surface area contributed by atoms with Crippen LogP contribution in [0.4, 0.5) is 0 Å². The normalized spacial score (nSPS) is 9.42. The van der Waals surface area contributed by atoms with E-state index in [0.717, 1.165) is 11.3 Å². The van der Waals surface area contributed by atoms with Crippen LogP contribution in [0, 0.1) is 11.8 Å². The van der Waals surface area contributed by atoms with Crippen molar-refractivity contribution in [3.63, 3.8) is 0 Å². The van der Waals surface area contributed by atoms with Gasteiger partial charge in [0, 0.05) is 11.1 Å². The van der Waals surface area contributed by atoms with Gasteiger partial charge in [0.15, 0.2) is 0 Å². The van der Waals surface area contributed by atoms with Crippen LogP contribution in [0.2, 0.25) is 0 Å². The molecule has 2 aromatic carbocycles. The zero-order valence-electron chi connectivity index (χ0n) is 13.5. The molecule has 0 radical (unpaired) electrons. The highest BCUT2D eigenvalue weighted by atomic mass is 16.5. The molecule has 24 heavy (non-hydrogen) atoms. The van der Waals surface area contributed by atoms with Gasteiger partial charge < -0.3 is 14.8 Å². The van der Waals surface area contributed by atoms with Gasteiger partial charge >= 0.3 is 5.97 Å². The maximum atomic E-state index is 12.0. The van der Waals surface area contributed by atoms with Crippen molar-refractivity contribution in [3.05, 3.63) is 65.2 Å². The summed E-state index contributed by atoms with van der Waals surface area (Å²) in [4.78, 5) is 23.3. The van der Waals surface area contributed by atoms with Crippen LogP contribution in [-0.4, -0.2) is 32.6 Å². The third kappa shape index (κ3) is 4.62. The van der Waals surface area contributed by atoms with E-state index in [1.54, 1.807) is 31.4 Å². The summed E-state index contributed by atoms with van der Waals surface area (Å²) in [5.74, 6) is 5.91. The minimum Gasteiger partial charge on any atom is -0.497 e. The summed E-state index contributed by atoms with van der Waals surface area (Å²) >= 11 is 0. The summed E-state index contributed by atoms with van der Waals surface area (Å²) in [5, 5.41) is 2.70. The minimum absolute atomic E-state index is 0.226. The molecule has 0 bridgehead atoms. The van der Waals surface area contributed by atoms with Crippen LogP contribution < -0.4 is 10.1 Å². The molecule has 0 aliphatic rings. The van der Waals surface area contributed by atoms with Gasteiger partial charge in [0.2, 0.25) is 0 Å². The van der Waals surface area contributed by atoms with Gasteiger partial charge in [-0.3, -0.25) is 4.79 Å². The molecule has 5 heteroatoms. The van der Waals surface area contributed by atoms with Crippen LogP contribution in [0.5, 0.6) is 5.75 Å². The molecule has 122 valence electrons. The Morgan fingerprint density at radius 2 is 1.58 bits per heavy atom. The van der Waals surface area contributed by atoms with E-state index in [0.29, 0.717) is 11.1 Å². The lowest BCUT2D eigenvalue weighted by molar-refractivity contribution is 0.0600. The smallest absolute Gasteiger partial charge is 0.337 e. The lowest BCUT2D eigenvalue weighted by Crippen LogP contribution is -2.23. The fourth-order valence-corrected chi connectivity index (χ4v) is 1.92. The Balaban J connectivity index is 1.89. The van der Waals surface area contributed by atoms with E-state index in [1.165, 1.54) is 7.11 Å². The Bertz CT molecular complexity index is 768. The van der Waals surface area contributed by atoms with Gasteiger partial charge in [-0.1, -0.05) is 11.8 Å². The van der Waals surface area contributed by atoms with Crippen molar-refractivity contribution in [2.45, 2.75) is 0 Å². The van der Waals surface area contributed by atoms with Gasteiger partial charge in [-0.05, 0) is 48.5 Å². The first-order valence-corrected chi connectivity index (χ1v) is 7.23. The molecule has 2 aromatic rings. The molecule has 0 spiro atoms. The number of amides is 1. The second-order valence-corrected chi connectivity index (χ2v) is 4.78. The van der Waals surface area contributed by atoms with Crippen LogP contribution in [0.1, 0.15) is 26.3 Å². The maximum Gasteiger partial charge on any atom is 0.337 e. The van der Waals surface area contributed by atoms with Gasteiger partial charge in [-0.25, -0.2) is 4.79 Å². The molecule has 2 rings (SSSR count). The van der Waals surface area contributed by atoms with Gasteiger partial charge in [0.1, 0.15) is 5.75 Å². The molecule has 5 nitrogen and oxygen atoms in total. The highest BCUT2D eigenvalue weighted by Crippen LogP contribution is 2.10. The van der Waals surface area contributed by atoms with E-state index in [2.05, 4.69) is 21.9 Å². The lowest BCUT2D eigenvalue weighted by Gasteiger charge is -2.03. The third-order valence-electron chi connectivity index (χ3n) is 3.23. The standard InChI is InChI=1S/C19H17NO4/c1-23-17-11-5-14(6-12-17)4-3-13-20-18(21)15-7-9-16(10-8-15)19(22)24-2/h5-12H,13H2,1-2H3,(H,20,21). The van der Waals surface area contributed by atoms with E-state index in [1.807, 2.05) is 24.3 Å². The average molecular weight is 323 g/mol. The Morgan fingerprint density at radius 1 is 0.958 bits per heavy atom. The zero-order chi connectivity index (χ0) is 17.4. The molecular formula is C19H17NO4. The third-order valence-corrected chi connectivity index (χ3v) is 3.23. The SMILES string of the molecule is COC(=O)c1ccc(C(=O)NCC#Cc2ccc(OC)cc2)cc1. The van der Waals surface area contributed by atoms with Gasteiger partial charge in [0.05, 0.1) is 26.3 Å². The molecule has 0 unspecified atom stereocenters. The monoisotopic (exact) mass is 323 g/mol. The van der Waals surface area contributed by atoms with E-state index < -0.39 is 5.97 Å². The number of benzene rings is 2. The first kappa shape index (κ1) is 17.1. The Labute approximate surface area is 140 Å². The Morgan fingerprint density at radius 3 is 2.17 bits per heavy atom. The summed E-state index contributed by atoms with van der Waals surface area (Å²) in [6, 6.07) is 13.6. The van der Waals surface area contributed by atoms with Crippen LogP contribution in [0.25, 0.3) is 0 Å². The summed E-state index contributed by atoms with van der Waals surface area (Å²) in [5.41, 5.74) is 1.69. The van der Waals surface area contributed by atoms with E-state index in [9.17, 15) is 9.59 Å². The largest absolute Gasteiger partial charge is 0.497 e. The van der Waals surface area contributed by atoms with Crippen LogP contribution in [0.15, 0.2) is 48.5 Å². The number of nitrogens with one attached hydrogen (secondary N) is 1. The Hall–Kier alpha value is -3.26. The van der Waals surface area contributed by atoms with E-state index in [4.69, 9.17) is 4.74 Å². The first-order valence-electron chi connectivity index (χ1n) is 7.23. The second kappa shape index (κ2) is 8.39. The lowest BCUT2D eigenvalue weighted by atomic mass is 10.1. The summed E-state index contributed by atoms with van der Waals surface area (Å²) < 4.78 is 9.68. The Kier molecular flexibility index (Phi) is 5.98. The van der Waals surface area contributed by atoms with Gasteiger partial charge in [0.25, 0.3) is 5.91 Å². The van der Waals surface area contributed by atoms with Crippen molar-refractivity contribution >= 4 is 11.9 Å². The van der Waals surface area contributed by atoms with Gasteiger partial charge in [-0.15, -0.1) is 0 Å². The number of rotatable bonds is 4. The number of carbonyl (C=O) groups excluding carboxylic acids is 2. The molecule has 0 atom stereocenters. The molecular weight excluding hydrogens is 306 g/mol. The molecule has 0 heterocycles. The molecule has 0 saturated carbocycles. The van der Waals surface area contributed by atoms with Crippen molar-refractivity contribution in [1.29, 1.82) is 0 Å². The predicted molar refractivity (Wildman–Crippen MR) is 90.0 cm³/mol. The topological polar surface area (TPSA) is 64.6 Å². The number of carbonyl (C=O) groups is 2. The number of esters is 1. The molecule has 1 N–H and O–H groups in total. The quantitative estimate of drug-likeness (QED) is 0.692. The van der Waals surface area contributed by atoms with Crippen molar-refractivity contribution in [2.24, 2.45) is 0 Å². The number of hydrogen-bond acceptors (Lipinski definition) is 4. The fourth-order valence-electron chi connectivity index (χ4n) is 1.92. The molecule has 0 fully saturated rings. The van der Waals surface area contributed by atoms with Crippen LogP contribution in [0.3, 0.4) is 0 Å². The van der Waals surface area contributed by atoms with Crippen molar-refractivity contribution < 1.29 is 19.1 Å². The fraction of sp³-hybridized carbons (Fsp3) is 0.158. The number of methoxy groups -OCH3 is 2. The number of hydrogen-bond donors (Lipinski definition) is 1. The van der Waals surface area contributed by atoms with Crippen LogP contribution in [-0.2, 0) is 4.74 Å². The number of ether oxygens (including phenoxy) is 2. The van der Waals surface area contributed by atoms with E-state index in [-0.39, 0.29) is 12.5 Å². The van der Waals surface area contributed by atoms with E-state index >= 15 is 0 Å². The molecule has 0 aliphatic carbocycles. The summed E-state index contributed by atoms with van der Waals surface area (Å²) in [7, 11) is 2.92. The molecule has 0 aromatic heterocycles. The molecule has 0 saturated heterocycles. The van der Waals surface area contributed by atoms with Crippen LogP contribution >= 0.6 is 0 Å². The first-order chi connectivity index (χ1) is 11.6. The summed E-state index contributed by atoms with van der Waals surface area (Å²) in [6.07, 6.45) is 0. The van der Waals surface area contributed by atoms with Gasteiger partial charge in [-0.2, -0.15) is 0 Å². The predicted octanol–water partition coefficient (Wildman–Crippen LogP) is 2.26. The van der Waals surface area contributed by atoms with Crippen molar-refractivity contribution in [1.82, 2.24) is 5.32 Å². The van der Waals surface area contributed by atoms with Crippen molar-refractivity contribution in [2.75, 3.05) is 20.8 Å².